The molecule has 9 rings (SSSR count). The van der Waals surface area contributed by atoms with E-state index in [9.17, 15) is 34.2 Å². The van der Waals surface area contributed by atoms with Crippen LogP contribution in [-0.2, 0) is 35.8 Å². The lowest BCUT2D eigenvalue weighted by atomic mass is 9.95. The topological polar surface area (TPSA) is 163 Å². The van der Waals surface area contributed by atoms with Crippen LogP contribution in [0, 0.1) is 12.8 Å². The van der Waals surface area contributed by atoms with Crippen LogP contribution in [-0.4, -0.2) is 111 Å². The van der Waals surface area contributed by atoms with Gasteiger partial charge in [-0.2, -0.15) is 0 Å². The number of piperazine rings is 1. The van der Waals surface area contributed by atoms with Gasteiger partial charge in [0.1, 0.15) is 35.5 Å². The fourth-order valence-corrected chi connectivity index (χ4v) is 9.49. The number of imide groups is 1. The number of piperidine rings is 2. The van der Waals surface area contributed by atoms with E-state index in [1.54, 1.807) is 16.7 Å². The molecule has 0 radical (unpaired) electrons. The van der Waals surface area contributed by atoms with E-state index in [0.717, 1.165) is 73.5 Å². The Kier molecular flexibility index (Phi) is 10.9. The van der Waals surface area contributed by atoms with E-state index < -0.39 is 17.9 Å². The van der Waals surface area contributed by atoms with Crippen molar-refractivity contribution in [3.05, 3.63) is 117 Å². The van der Waals surface area contributed by atoms with Gasteiger partial charge in [-0.25, -0.2) is 0 Å². The van der Waals surface area contributed by atoms with Crippen LogP contribution >= 0.6 is 0 Å². The summed E-state index contributed by atoms with van der Waals surface area (Å²) in [6, 6.07) is 21.6. The number of amides is 5. The number of carbonyl (C=O) groups excluding carboxylic acids is 5. The summed E-state index contributed by atoms with van der Waals surface area (Å²) < 4.78 is 6.05. The Morgan fingerprint density at radius 2 is 1.51 bits per heavy atom. The molecule has 316 valence electrons. The number of hydrogen-bond acceptors (Lipinski definition) is 10. The second-order valence-electron chi connectivity index (χ2n) is 16.9. The Hall–Kier alpha value is -6.41. The average molecular weight is 827 g/mol. The van der Waals surface area contributed by atoms with E-state index in [4.69, 9.17) is 4.74 Å². The zero-order valence-corrected chi connectivity index (χ0v) is 34.3. The second kappa shape index (κ2) is 16.6. The van der Waals surface area contributed by atoms with Gasteiger partial charge in [0.2, 0.25) is 11.8 Å². The Bertz CT molecular complexity index is 2410. The van der Waals surface area contributed by atoms with Crippen molar-refractivity contribution in [1.82, 2.24) is 24.9 Å². The number of rotatable bonds is 9. The maximum Gasteiger partial charge on any atom is 0.262 e. The van der Waals surface area contributed by atoms with E-state index in [0.29, 0.717) is 55.2 Å². The van der Waals surface area contributed by atoms with Crippen molar-refractivity contribution in [3.8, 4) is 17.2 Å². The van der Waals surface area contributed by atoms with Gasteiger partial charge < -0.3 is 34.5 Å². The maximum absolute atomic E-state index is 14.0. The first-order valence-electron chi connectivity index (χ1n) is 21.2. The highest BCUT2D eigenvalue weighted by molar-refractivity contribution is 6.05. The fourth-order valence-electron chi connectivity index (χ4n) is 9.49. The Balaban J connectivity index is 0.756. The Morgan fingerprint density at radius 3 is 2.26 bits per heavy atom. The van der Waals surface area contributed by atoms with Crippen LogP contribution in [0.15, 0.2) is 72.8 Å². The number of phenols is 2. The first-order valence-corrected chi connectivity index (χ1v) is 21.2. The normalized spacial score (nSPS) is 19.6. The molecule has 1 unspecified atom stereocenters. The third-order valence-corrected chi connectivity index (χ3v) is 13.0. The molecule has 61 heavy (non-hydrogen) atoms. The predicted molar refractivity (Wildman–Crippen MR) is 225 cm³/mol. The summed E-state index contributed by atoms with van der Waals surface area (Å²) in [6.45, 7) is 8.67. The molecule has 5 heterocycles. The molecule has 5 aliphatic rings. The number of likely N-dealkylation sites (tertiary alicyclic amines) is 1. The first kappa shape index (κ1) is 40.0. The summed E-state index contributed by atoms with van der Waals surface area (Å²) in [5.74, 6) is -1.18. The summed E-state index contributed by atoms with van der Waals surface area (Å²) in [4.78, 5) is 75.0. The number of fused-ring (bicyclic) bond motifs is 2. The number of benzene rings is 4. The van der Waals surface area contributed by atoms with Gasteiger partial charge in [-0.05, 0) is 84.7 Å². The largest absolute Gasteiger partial charge is 0.507 e. The SMILES string of the molecule is Cc1c(O)cc(O)c(C(=O)N2Cc3ccc(C(=O)N4CCC(CN5CCN(c6ccc7c(c6)CN(C6CCC(=O)NC6=O)C7=O)CC5)CC4)cc3C2)c1OCc1ccccc1. The molecular weight excluding hydrogens is 777 g/mol. The van der Waals surface area contributed by atoms with Gasteiger partial charge >= 0.3 is 0 Å². The summed E-state index contributed by atoms with van der Waals surface area (Å²) in [5.41, 5.74) is 6.26. The number of aromatic hydroxyl groups is 2. The molecule has 4 aromatic rings. The van der Waals surface area contributed by atoms with E-state index in [1.165, 1.54) is 6.07 Å². The minimum absolute atomic E-state index is 0.000465. The predicted octanol–water partition coefficient (Wildman–Crippen LogP) is 4.58. The lowest BCUT2D eigenvalue weighted by molar-refractivity contribution is -0.136. The van der Waals surface area contributed by atoms with Crippen LogP contribution in [0.1, 0.15) is 84.6 Å². The van der Waals surface area contributed by atoms with Crippen molar-refractivity contribution in [1.29, 1.82) is 0 Å². The van der Waals surface area contributed by atoms with Crippen molar-refractivity contribution >= 4 is 35.2 Å². The highest BCUT2D eigenvalue weighted by Gasteiger charge is 2.39. The van der Waals surface area contributed by atoms with Crippen molar-refractivity contribution < 1.29 is 38.9 Å². The van der Waals surface area contributed by atoms with Crippen LogP contribution in [0.2, 0.25) is 0 Å². The molecule has 0 bridgehead atoms. The van der Waals surface area contributed by atoms with Crippen molar-refractivity contribution in [2.45, 2.75) is 64.9 Å². The van der Waals surface area contributed by atoms with E-state index in [2.05, 4.69) is 21.2 Å². The molecule has 14 heteroatoms. The van der Waals surface area contributed by atoms with Crippen molar-refractivity contribution in [2.24, 2.45) is 5.92 Å². The van der Waals surface area contributed by atoms with Gasteiger partial charge in [0.25, 0.3) is 17.7 Å². The zero-order chi connectivity index (χ0) is 42.4. The van der Waals surface area contributed by atoms with Crippen LogP contribution in [0.25, 0.3) is 0 Å². The number of hydrogen-bond donors (Lipinski definition) is 3. The van der Waals surface area contributed by atoms with Crippen LogP contribution in [0.4, 0.5) is 5.69 Å². The molecule has 0 spiro atoms. The zero-order valence-electron chi connectivity index (χ0n) is 34.3. The molecule has 1 atom stereocenters. The van der Waals surface area contributed by atoms with Crippen LogP contribution < -0.4 is 15.0 Å². The third kappa shape index (κ3) is 7.99. The molecule has 5 aliphatic heterocycles. The number of ether oxygens (including phenoxy) is 1. The summed E-state index contributed by atoms with van der Waals surface area (Å²) in [5, 5.41) is 23.7. The summed E-state index contributed by atoms with van der Waals surface area (Å²) in [7, 11) is 0. The smallest absolute Gasteiger partial charge is 0.262 e. The van der Waals surface area contributed by atoms with Crippen molar-refractivity contribution in [3.63, 3.8) is 0 Å². The van der Waals surface area contributed by atoms with E-state index >= 15 is 0 Å². The van der Waals surface area contributed by atoms with Crippen LogP contribution in [0.5, 0.6) is 17.2 Å². The van der Waals surface area contributed by atoms with Gasteiger partial charge in [-0.1, -0.05) is 36.4 Å². The molecule has 0 saturated carbocycles. The number of carbonyl (C=O) groups is 5. The Morgan fingerprint density at radius 1 is 0.754 bits per heavy atom. The molecule has 3 saturated heterocycles. The number of nitrogens with one attached hydrogen (secondary N) is 1. The number of nitrogens with zero attached hydrogens (tertiary/aromatic N) is 5. The molecule has 0 aromatic heterocycles. The molecule has 14 nitrogen and oxygen atoms in total. The molecule has 3 N–H and O–H groups in total. The lowest BCUT2D eigenvalue weighted by Crippen LogP contribution is -2.52. The molecule has 5 amide bonds. The van der Waals surface area contributed by atoms with E-state index in [-0.39, 0.29) is 60.1 Å². The molecule has 4 aromatic carbocycles. The minimum Gasteiger partial charge on any atom is -0.507 e. The second-order valence-corrected chi connectivity index (χ2v) is 16.9. The molecular formula is C47H50N6O8. The molecule has 0 aliphatic carbocycles. The number of phenolic OH excluding ortho intramolecular Hbond substituents is 2. The summed E-state index contributed by atoms with van der Waals surface area (Å²) >= 11 is 0. The fraction of sp³-hybridized carbons (Fsp3) is 0.383. The first-order chi connectivity index (χ1) is 29.5. The summed E-state index contributed by atoms with van der Waals surface area (Å²) in [6.07, 6.45) is 2.42. The van der Waals surface area contributed by atoms with Gasteiger partial charge in [0.15, 0.2) is 0 Å². The maximum atomic E-state index is 14.0. The van der Waals surface area contributed by atoms with E-state index in [1.807, 2.05) is 65.6 Å². The molecule has 3 fully saturated rings. The Labute approximate surface area is 354 Å². The lowest BCUT2D eigenvalue weighted by Gasteiger charge is -2.39. The van der Waals surface area contributed by atoms with Crippen molar-refractivity contribution in [2.75, 3.05) is 50.7 Å². The number of anilines is 1. The highest BCUT2D eigenvalue weighted by Crippen LogP contribution is 2.40. The van der Waals surface area contributed by atoms with Gasteiger partial charge in [-0.3, -0.25) is 34.2 Å². The van der Waals surface area contributed by atoms with Gasteiger partial charge in [0.05, 0.1) is 0 Å². The average Bonchev–Trinajstić information content (AvgIpc) is 3.85. The third-order valence-electron chi connectivity index (χ3n) is 13.0. The van der Waals surface area contributed by atoms with Gasteiger partial charge in [0, 0.05) is 100 Å². The van der Waals surface area contributed by atoms with Gasteiger partial charge in [-0.15, -0.1) is 0 Å². The quantitative estimate of drug-likeness (QED) is 0.204. The van der Waals surface area contributed by atoms with Crippen LogP contribution in [0.3, 0.4) is 0 Å². The minimum atomic E-state index is -0.624. The monoisotopic (exact) mass is 826 g/mol. The highest BCUT2D eigenvalue weighted by atomic mass is 16.5. The standard InChI is InChI=1S/C47H50N6O8/c1-29-39(54)23-40(55)42(43(29)61-28-31-5-3-2-4-6-31)47(60)52-25-33-8-7-32(21-34(33)26-52)45(58)51-15-13-30(14-16-51)24-49-17-19-50(20-18-49)36-9-10-37-35(22-36)27-53(46(37)59)38-11-12-41(56)48-44(38)57/h2-10,21-23,30,38,54-55H,11-20,24-28H2,1H3,(H,48,56,57).